The summed E-state index contributed by atoms with van der Waals surface area (Å²) in [5, 5.41) is 19.2. The van der Waals surface area contributed by atoms with E-state index in [0.29, 0.717) is 12.6 Å². The maximum Gasteiger partial charge on any atom is 0.153 e. The van der Waals surface area contributed by atoms with Gasteiger partial charge in [-0.25, -0.2) is 0 Å². The van der Waals surface area contributed by atoms with Gasteiger partial charge < -0.3 is 20.1 Å². The lowest BCUT2D eigenvalue weighted by Crippen LogP contribution is -2.45. The van der Waals surface area contributed by atoms with Crippen molar-refractivity contribution >= 4 is 24.8 Å². The summed E-state index contributed by atoms with van der Waals surface area (Å²) in [6.07, 6.45) is 2.25. The Labute approximate surface area is 200 Å². The van der Waals surface area contributed by atoms with Gasteiger partial charge in [0.1, 0.15) is 11.5 Å². The summed E-state index contributed by atoms with van der Waals surface area (Å²) >= 11 is 0. The second-order valence-electron chi connectivity index (χ2n) is 7.47. The third-order valence-electron chi connectivity index (χ3n) is 5.62. The summed E-state index contributed by atoms with van der Waals surface area (Å²) in [6, 6.07) is 14.9. The highest BCUT2D eigenvalue weighted by Gasteiger charge is 2.26. The van der Waals surface area contributed by atoms with Crippen LogP contribution in [-0.2, 0) is 6.54 Å². The summed E-state index contributed by atoms with van der Waals surface area (Å²) in [4.78, 5) is 0. The molecule has 0 aliphatic carbocycles. The van der Waals surface area contributed by atoms with E-state index in [1.807, 2.05) is 31.2 Å². The van der Waals surface area contributed by atoms with E-state index in [-0.39, 0.29) is 30.9 Å². The normalized spacial score (nSPS) is 17.7. The van der Waals surface area contributed by atoms with Crippen molar-refractivity contribution in [3.8, 4) is 17.2 Å². The Hall–Kier alpha value is -2.39. The van der Waals surface area contributed by atoms with Crippen LogP contribution in [0.2, 0.25) is 0 Å². The fraction of sp³-hybridized carbons (Fsp3) is 0.409. The molecule has 0 bridgehead atoms. The Kier molecular flexibility index (Phi) is 9.71. The van der Waals surface area contributed by atoms with Gasteiger partial charge in [0, 0.05) is 24.2 Å². The molecule has 10 heteroatoms. The number of piperidine rings is 1. The van der Waals surface area contributed by atoms with E-state index < -0.39 is 0 Å². The third-order valence-corrected chi connectivity index (χ3v) is 5.62. The predicted molar refractivity (Wildman–Crippen MR) is 129 cm³/mol. The molecule has 32 heavy (non-hydrogen) atoms. The second-order valence-corrected chi connectivity index (χ2v) is 7.47. The van der Waals surface area contributed by atoms with E-state index in [4.69, 9.17) is 9.47 Å². The molecule has 0 saturated carbocycles. The van der Waals surface area contributed by atoms with Crippen LogP contribution in [0.15, 0.2) is 42.5 Å². The summed E-state index contributed by atoms with van der Waals surface area (Å²) in [7, 11) is 3.39. The van der Waals surface area contributed by atoms with Gasteiger partial charge in [0.25, 0.3) is 0 Å². The first-order valence-electron chi connectivity index (χ1n) is 10.2. The fourth-order valence-corrected chi connectivity index (χ4v) is 4.02. The van der Waals surface area contributed by atoms with E-state index in [1.165, 1.54) is 5.56 Å². The zero-order chi connectivity index (χ0) is 20.9. The number of rotatable bonds is 7. The Morgan fingerprint density at radius 3 is 2.53 bits per heavy atom. The number of nitrogens with zero attached hydrogens (tertiary/aromatic N) is 4. The van der Waals surface area contributed by atoms with E-state index in [0.717, 1.165) is 48.0 Å². The van der Waals surface area contributed by atoms with Crippen LogP contribution in [0.5, 0.6) is 11.5 Å². The van der Waals surface area contributed by atoms with Gasteiger partial charge in [-0.15, -0.1) is 29.9 Å². The average molecular weight is 481 g/mol. The lowest BCUT2D eigenvalue weighted by atomic mass is 9.92. The van der Waals surface area contributed by atoms with Gasteiger partial charge in [0.2, 0.25) is 0 Å². The molecule has 0 unspecified atom stereocenters. The van der Waals surface area contributed by atoms with Crippen molar-refractivity contribution in [2.45, 2.75) is 38.4 Å². The van der Waals surface area contributed by atoms with E-state index in [9.17, 15) is 0 Å². The number of hydrogen-bond acceptors (Lipinski definition) is 7. The van der Waals surface area contributed by atoms with Crippen LogP contribution < -0.4 is 20.1 Å². The number of ether oxygens (including phenoxy) is 2. The highest BCUT2D eigenvalue weighted by Crippen LogP contribution is 2.27. The number of halogens is 2. The van der Waals surface area contributed by atoms with Crippen LogP contribution in [0, 0.1) is 6.92 Å². The molecule has 8 nitrogen and oxygen atoms in total. The Bertz CT molecular complexity index is 983. The van der Waals surface area contributed by atoms with Crippen LogP contribution in [0.25, 0.3) is 5.69 Å². The maximum absolute atomic E-state index is 5.59. The molecule has 2 heterocycles. The molecule has 1 aromatic heterocycles. The molecule has 1 fully saturated rings. The van der Waals surface area contributed by atoms with Crippen molar-refractivity contribution in [2.75, 3.05) is 20.8 Å². The Balaban J connectivity index is 0.00000181. The fourth-order valence-electron chi connectivity index (χ4n) is 4.02. The zero-order valence-electron chi connectivity index (χ0n) is 18.4. The van der Waals surface area contributed by atoms with Gasteiger partial charge in [-0.2, -0.15) is 4.68 Å². The lowest BCUT2D eigenvalue weighted by Gasteiger charge is -2.34. The smallest absolute Gasteiger partial charge is 0.153 e. The molecule has 1 saturated heterocycles. The predicted octanol–water partition coefficient (Wildman–Crippen LogP) is 3.41. The lowest BCUT2D eigenvalue weighted by molar-refractivity contribution is 0.302. The highest BCUT2D eigenvalue weighted by molar-refractivity contribution is 5.85. The Morgan fingerprint density at radius 1 is 1.09 bits per heavy atom. The molecular weight excluding hydrogens is 451 g/mol. The van der Waals surface area contributed by atoms with Gasteiger partial charge in [-0.1, -0.05) is 12.1 Å². The minimum atomic E-state index is 0. The highest BCUT2D eigenvalue weighted by atomic mass is 35.5. The number of tetrazole rings is 1. The first-order valence-corrected chi connectivity index (χ1v) is 10.2. The van der Waals surface area contributed by atoms with Gasteiger partial charge in [-0.05, 0) is 72.6 Å². The van der Waals surface area contributed by atoms with Crippen LogP contribution in [0.3, 0.4) is 0 Å². The van der Waals surface area contributed by atoms with Gasteiger partial charge >= 0.3 is 0 Å². The largest absolute Gasteiger partial charge is 0.497 e. The molecule has 1 aliphatic heterocycles. The molecule has 0 radical (unpaired) electrons. The standard InChI is InChI=1S/C22H28N6O2.2ClH/c1-15-25-26-27-28(15)18-8-11-21(30-3)17(13-18)14-24-20-5-4-12-23-22(20)16-6-9-19(29-2)10-7-16;;/h6-11,13,20,22-24H,4-5,12,14H2,1-3H3;2*1H/t20-,22-;;/m0../s1. The topological polar surface area (TPSA) is 86.1 Å². The van der Waals surface area contributed by atoms with Crippen molar-refractivity contribution in [1.82, 2.24) is 30.8 Å². The first-order chi connectivity index (χ1) is 14.7. The van der Waals surface area contributed by atoms with E-state index >= 15 is 0 Å². The summed E-state index contributed by atoms with van der Waals surface area (Å²) in [6.45, 7) is 3.60. The minimum absolute atomic E-state index is 0. The van der Waals surface area contributed by atoms with Gasteiger partial charge in [0.05, 0.1) is 19.9 Å². The number of methoxy groups -OCH3 is 2. The SMILES string of the molecule is COc1ccc([C@@H]2NCCC[C@@H]2NCc2cc(-n3nnnc3C)ccc2OC)cc1.Cl.Cl. The quantitative estimate of drug-likeness (QED) is 0.535. The van der Waals surface area contributed by atoms with Gasteiger partial charge in [0.15, 0.2) is 5.82 Å². The molecule has 4 rings (SSSR count). The van der Waals surface area contributed by atoms with E-state index in [1.54, 1.807) is 18.9 Å². The molecule has 0 amide bonds. The minimum Gasteiger partial charge on any atom is -0.497 e. The number of benzene rings is 2. The molecule has 0 spiro atoms. The number of aromatic nitrogens is 4. The molecular formula is C22H30Cl2N6O2. The van der Waals surface area contributed by atoms with Crippen LogP contribution in [0.1, 0.15) is 35.8 Å². The third kappa shape index (κ3) is 5.69. The number of aryl methyl sites for hydroxylation is 1. The molecule has 3 aromatic rings. The van der Waals surface area contributed by atoms with Crippen molar-refractivity contribution in [3.05, 3.63) is 59.4 Å². The van der Waals surface area contributed by atoms with Crippen molar-refractivity contribution in [1.29, 1.82) is 0 Å². The van der Waals surface area contributed by atoms with E-state index in [2.05, 4.69) is 44.4 Å². The molecule has 174 valence electrons. The van der Waals surface area contributed by atoms with Crippen molar-refractivity contribution in [3.63, 3.8) is 0 Å². The molecule has 2 N–H and O–H groups in total. The first kappa shape index (κ1) is 25.9. The summed E-state index contributed by atoms with van der Waals surface area (Å²) in [5.41, 5.74) is 3.26. The molecule has 2 aromatic carbocycles. The Morgan fingerprint density at radius 2 is 1.88 bits per heavy atom. The van der Waals surface area contributed by atoms with Crippen LogP contribution in [-0.4, -0.2) is 47.0 Å². The van der Waals surface area contributed by atoms with Crippen LogP contribution in [0.4, 0.5) is 0 Å². The van der Waals surface area contributed by atoms with Crippen LogP contribution >= 0.6 is 24.8 Å². The second kappa shape index (κ2) is 12.0. The zero-order valence-corrected chi connectivity index (χ0v) is 20.1. The average Bonchev–Trinajstić information content (AvgIpc) is 3.23. The maximum atomic E-state index is 5.59. The molecule has 1 aliphatic rings. The monoisotopic (exact) mass is 480 g/mol. The number of nitrogens with one attached hydrogen (secondary N) is 2. The number of hydrogen-bond donors (Lipinski definition) is 2. The summed E-state index contributed by atoms with van der Waals surface area (Å²) < 4.78 is 12.6. The van der Waals surface area contributed by atoms with Crippen molar-refractivity contribution in [2.24, 2.45) is 0 Å². The summed E-state index contributed by atoms with van der Waals surface area (Å²) in [5.74, 6) is 2.47. The molecule has 2 atom stereocenters. The van der Waals surface area contributed by atoms with Gasteiger partial charge in [-0.3, -0.25) is 0 Å². The van der Waals surface area contributed by atoms with Crippen molar-refractivity contribution < 1.29 is 9.47 Å².